The third-order valence-corrected chi connectivity index (χ3v) is 6.88. The third-order valence-electron chi connectivity index (χ3n) is 6.88. The van der Waals surface area contributed by atoms with E-state index in [1.165, 1.54) is 12.8 Å². The van der Waals surface area contributed by atoms with Crippen LogP contribution in [0.1, 0.15) is 67.6 Å². The number of oxime groups is 1. The fraction of sp³-hybridized carbons (Fsp3) is 0.591. The van der Waals surface area contributed by atoms with E-state index in [2.05, 4.69) is 21.5 Å². The molecule has 5 aliphatic rings. The molecule has 4 fully saturated rings. The van der Waals surface area contributed by atoms with Crippen LogP contribution in [0.15, 0.2) is 17.4 Å². The SMILES string of the molecule is CC(C)=NOC(=O)c1cnc2c(c1NC1[C@@H]3CC4C[C@H]1CC(O)(C4)C3)C=CC2. The van der Waals surface area contributed by atoms with E-state index in [9.17, 15) is 9.90 Å². The zero-order valence-corrected chi connectivity index (χ0v) is 16.4. The zero-order valence-electron chi connectivity index (χ0n) is 16.4. The van der Waals surface area contributed by atoms with Gasteiger partial charge in [0.05, 0.1) is 22.7 Å². The molecule has 4 saturated carbocycles. The first kappa shape index (κ1) is 17.9. The van der Waals surface area contributed by atoms with E-state index in [-0.39, 0.29) is 6.04 Å². The number of aromatic nitrogens is 1. The van der Waals surface area contributed by atoms with Crippen LogP contribution in [0.25, 0.3) is 6.08 Å². The van der Waals surface area contributed by atoms with Crippen LogP contribution in [0, 0.1) is 17.8 Å². The van der Waals surface area contributed by atoms with E-state index >= 15 is 0 Å². The van der Waals surface area contributed by atoms with Gasteiger partial charge in [0.25, 0.3) is 0 Å². The Bertz CT molecular complexity index is 871. The van der Waals surface area contributed by atoms with Crippen molar-refractivity contribution in [1.82, 2.24) is 4.98 Å². The van der Waals surface area contributed by atoms with Gasteiger partial charge in [-0.25, -0.2) is 4.79 Å². The maximum absolute atomic E-state index is 12.7. The van der Waals surface area contributed by atoms with Crippen molar-refractivity contribution >= 4 is 23.4 Å². The van der Waals surface area contributed by atoms with E-state index in [0.717, 1.165) is 42.6 Å². The maximum Gasteiger partial charge on any atom is 0.369 e. The number of nitrogens with zero attached hydrogens (tertiary/aromatic N) is 2. The monoisotopic (exact) mass is 381 g/mol. The van der Waals surface area contributed by atoms with Gasteiger partial charge in [0.1, 0.15) is 5.56 Å². The Balaban J connectivity index is 1.48. The van der Waals surface area contributed by atoms with Gasteiger partial charge in [-0.3, -0.25) is 4.98 Å². The van der Waals surface area contributed by atoms with Gasteiger partial charge < -0.3 is 15.3 Å². The lowest BCUT2D eigenvalue weighted by Gasteiger charge is -2.58. The number of hydrogen-bond donors (Lipinski definition) is 2. The summed E-state index contributed by atoms with van der Waals surface area (Å²) in [6.07, 6.45) is 11.5. The van der Waals surface area contributed by atoms with Crippen LogP contribution in [0.4, 0.5) is 5.69 Å². The predicted octanol–water partition coefficient (Wildman–Crippen LogP) is 3.56. The Morgan fingerprint density at radius 3 is 2.71 bits per heavy atom. The van der Waals surface area contributed by atoms with Crippen molar-refractivity contribution in [3.63, 3.8) is 0 Å². The molecule has 5 aliphatic carbocycles. The average Bonchev–Trinajstić information content (AvgIpc) is 3.10. The van der Waals surface area contributed by atoms with Crippen LogP contribution in [-0.4, -0.2) is 33.4 Å². The number of carbonyl (C=O) groups is 1. The number of anilines is 1. The molecule has 148 valence electrons. The largest absolute Gasteiger partial charge is 0.390 e. The Hall–Kier alpha value is -2.21. The summed E-state index contributed by atoms with van der Waals surface area (Å²) < 4.78 is 0. The summed E-state index contributed by atoms with van der Waals surface area (Å²) >= 11 is 0. The standard InChI is InChI=1S/C22H27N3O3/c1-12(2)25-28-21(26)17-11-23-18-5-3-4-16(18)20(17)24-19-14-6-13-7-15(19)10-22(27,8-13)9-14/h3-4,11,13-15,19,27H,5-10H2,1-2H3,(H,23,24)/t13?,14-,15+,19?,22?. The normalized spacial score (nSPS) is 34.2. The predicted molar refractivity (Wildman–Crippen MR) is 107 cm³/mol. The van der Waals surface area contributed by atoms with Gasteiger partial charge in [0.15, 0.2) is 0 Å². The summed E-state index contributed by atoms with van der Waals surface area (Å²) in [7, 11) is 0. The number of hydrogen-bond acceptors (Lipinski definition) is 6. The van der Waals surface area contributed by atoms with Gasteiger partial charge in [0, 0.05) is 24.2 Å². The molecule has 1 aromatic rings. The molecule has 0 amide bonds. The van der Waals surface area contributed by atoms with Crippen LogP contribution in [0.2, 0.25) is 0 Å². The molecule has 6 heteroatoms. The first-order chi connectivity index (χ1) is 13.4. The number of rotatable bonds is 4. The molecular formula is C22H27N3O3. The third kappa shape index (κ3) is 2.94. The van der Waals surface area contributed by atoms with Crippen LogP contribution >= 0.6 is 0 Å². The van der Waals surface area contributed by atoms with Crippen molar-refractivity contribution in [2.75, 3.05) is 5.32 Å². The Morgan fingerprint density at radius 1 is 1.29 bits per heavy atom. The molecule has 6 nitrogen and oxygen atoms in total. The Labute approximate surface area is 165 Å². The number of nitrogens with one attached hydrogen (secondary N) is 1. The number of allylic oxidation sites excluding steroid dienone is 1. The van der Waals surface area contributed by atoms with E-state index in [1.807, 2.05) is 6.08 Å². The number of fused-ring (bicyclic) bond motifs is 1. The Morgan fingerprint density at radius 2 is 2.04 bits per heavy atom. The molecule has 2 N–H and O–H groups in total. The van der Waals surface area contributed by atoms with Gasteiger partial charge in [-0.2, -0.15) is 0 Å². The number of carbonyl (C=O) groups excluding carboxylic acids is 1. The molecule has 5 atom stereocenters. The quantitative estimate of drug-likeness (QED) is 0.473. The van der Waals surface area contributed by atoms with E-state index in [0.29, 0.717) is 29.0 Å². The van der Waals surface area contributed by atoms with Crippen LogP contribution < -0.4 is 5.32 Å². The van der Waals surface area contributed by atoms with E-state index in [4.69, 9.17) is 4.84 Å². The molecule has 1 aromatic heterocycles. The average molecular weight is 381 g/mol. The lowest BCUT2D eigenvalue weighted by molar-refractivity contribution is -0.129. The molecule has 28 heavy (non-hydrogen) atoms. The highest BCUT2D eigenvalue weighted by molar-refractivity contribution is 5.98. The molecule has 0 spiro atoms. The minimum absolute atomic E-state index is 0.278. The number of pyridine rings is 1. The number of aliphatic hydroxyl groups is 1. The highest BCUT2D eigenvalue weighted by atomic mass is 16.7. The van der Waals surface area contributed by atoms with Crippen molar-refractivity contribution in [1.29, 1.82) is 0 Å². The van der Waals surface area contributed by atoms with Crippen LogP contribution in [-0.2, 0) is 11.3 Å². The van der Waals surface area contributed by atoms with Gasteiger partial charge in [-0.05, 0) is 63.7 Å². The molecule has 0 radical (unpaired) electrons. The molecule has 0 aliphatic heterocycles. The summed E-state index contributed by atoms with van der Waals surface area (Å²) in [6.45, 7) is 3.57. The first-order valence-corrected chi connectivity index (χ1v) is 10.3. The molecule has 6 rings (SSSR count). The van der Waals surface area contributed by atoms with E-state index < -0.39 is 11.6 Å². The van der Waals surface area contributed by atoms with Crippen molar-refractivity contribution in [3.8, 4) is 0 Å². The van der Waals surface area contributed by atoms with E-state index in [1.54, 1.807) is 20.0 Å². The van der Waals surface area contributed by atoms with Crippen molar-refractivity contribution in [2.45, 2.75) is 64.0 Å². The minimum atomic E-state index is -0.484. The Kier molecular flexibility index (Phi) is 4.09. The fourth-order valence-corrected chi connectivity index (χ4v) is 6.07. The van der Waals surface area contributed by atoms with Crippen molar-refractivity contribution in [2.24, 2.45) is 22.9 Å². The molecule has 0 aromatic carbocycles. The molecule has 1 heterocycles. The second-order valence-corrected chi connectivity index (χ2v) is 9.30. The first-order valence-electron chi connectivity index (χ1n) is 10.3. The van der Waals surface area contributed by atoms with Gasteiger partial charge >= 0.3 is 5.97 Å². The highest BCUT2D eigenvalue weighted by Gasteiger charge is 2.54. The zero-order chi connectivity index (χ0) is 19.5. The lowest BCUT2D eigenvalue weighted by Crippen LogP contribution is -2.59. The van der Waals surface area contributed by atoms with Crippen LogP contribution in [0.5, 0.6) is 0 Å². The second kappa shape index (κ2) is 6.41. The topological polar surface area (TPSA) is 83.8 Å². The van der Waals surface area contributed by atoms with Gasteiger partial charge in [0.2, 0.25) is 0 Å². The molecule has 4 bridgehead atoms. The van der Waals surface area contributed by atoms with Gasteiger partial charge in [-0.1, -0.05) is 17.3 Å². The molecule has 3 unspecified atom stereocenters. The lowest BCUT2D eigenvalue weighted by atomic mass is 9.52. The molecular weight excluding hydrogens is 354 g/mol. The molecule has 0 saturated heterocycles. The van der Waals surface area contributed by atoms with Crippen molar-refractivity contribution in [3.05, 3.63) is 29.1 Å². The van der Waals surface area contributed by atoms with Crippen LogP contribution in [0.3, 0.4) is 0 Å². The summed E-state index contributed by atoms with van der Waals surface area (Å²) in [5.41, 5.74) is 3.44. The van der Waals surface area contributed by atoms with Gasteiger partial charge in [-0.15, -0.1) is 0 Å². The summed E-state index contributed by atoms with van der Waals surface area (Å²) in [5.74, 6) is 1.06. The maximum atomic E-state index is 12.7. The highest BCUT2D eigenvalue weighted by Crippen LogP contribution is 2.56. The summed E-state index contributed by atoms with van der Waals surface area (Å²) in [6, 6.07) is 0.278. The minimum Gasteiger partial charge on any atom is -0.390 e. The summed E-state index contributed by atoms with van der Waals surface area (Å²) in [5, 5.41) is 18.4. The fourth-order valence-electron chi connectivity index (χ4n) is 6.07. The smallest absolute Gasteiger partial charge is 0.369 e. The summed E-state index contributed by atoms with van der Waals surface area (Å²) in [4.78, 5) is 22.3. The second-order valence-electron chi connectivity index (χ2n) is 9.30. The van der Waals surface area contributed by atoms with Crippen molar-refractivity contribution < 1.29 is 14.7 Å².